The number of hydrogen-bond acceptors (Lipinski definition) is 4. The van der Waals surface area contributed by atoms with Gasteiger partial charge in [-0.15, -0.1) is 5.10 Å². The van der Waals surface area contributed by atoms with Crippen molar-refractivity contribution in [2.24, 2.45) is 0 Å². The van der Waals surface area contributed by atoms with E-state index in [0.29, 0.717) is 11.1 Å². The van der Waals surface area contributed by atoms with Gasteiger partial charge in [-0.3, -0.25) is 4.98 Å². The van der Waals surface area contributed by atoms with Crippen molar-refractivity contribution in [1.29, 1.82) is 0 Å². The van der Waals surface area contributed by atoms with Gasteiger partial charge in [0.1, 0.15) is 0 Å². The molecule has 4 rings (SSSR count). The van der Waals surface area contributed by atoms with Gasteiger partial charge in [-0.1, -0.05) is 18.5 Å². The Labute approximate surface area is 145 Å². The zero-order valence-corrected chi connectivity index (χ0v) is 14.3. The summed E-state index contributed by atoms with van der Waals surface area (Å²) < 4.78 is 7.58. The summed E-state index contributed by atoms with van der Waals surface area (Å²) in [6.07, 6.45) is 4.71. The molecule has 0 N–H and O–H groups in total. The maximum Gasteiger partial charge on any atom is 0.159 e. The van der Waals surface area contributed by atoms with Crippen molar-refractivity contribution in [2.75, 3.05) is 24.7 Å². The van der Waals surface area contributed by atoms with Crippen LogP contribution in [0.3, 0.4) is 0 Å². The Balaban J connectivity index is 1.86. The van der Waals surface area contributed by atoms with Gasteiger partial charge in [0.05, 0.1) is 36.7 Å². The van der Waals surface area contributed by atoms with Crippen molar-refractivity contribution in [3.63, 3.8) is 0 Å². The maximum absolute atomic E-state index is 6.02. The Bertz CT molecular complexity index is 846. The first kappa shape index (κ1) is 15.4. The lowest BCUT2D eigenvalue weighted by Crippen LogP contribution is -2.45. The monoisotopic (exact) mass is 342 g/mol. The fourth-order valence-electron chi connectivity index (χ4n) is 3.21. The summed E-state index contributed by atoms with van der Waals surface area (Å²) in [5.74, 6) is 0.998. The number of hydrogen-bond donors (Lipinski definition) is 0. The van der Waals surface area contributed by atoms with E-state index in [1.165, 1.54) is 0 Å². The molecule has 1 fully saturated rings. The van der Waals surface area contributed by atoms with Crippen LogP contribution in [-0.4, -0.2) is 40.6 Å². The molecular weight excluding hydrogens is 324 g/mol. The van der Waals surface area contributed by atoms with Gasteiger partial charge >= 0.3 is 0 Å². The smallest absolute Gasteiger partial charge is 0.159 e. The van der Waals surface area contributed by atoms with Crippen molar-refractivity contribution in [3.05, 3.63) is 47.7 Å². The van der Waals surface area contributed by atoms with E-state index in [1.54, 1.807) is 0 Å². The number of anilines is 1. The Morgan fingerprint density at radius 3 is 2.88 bits per heavy atom. The van der Waals surface area contributed by atoms with Gasteiger partial charge in [-0.05, 0) is 36.8 Å². The number of ether oxygens (including phenoxy) is 1. The van der Waals surface area contributed by atoms with Gasteiger partial charge in [0, 0.05) is 23.2 Å². The lowest BCUT2D eigenvalue weighted by atomic mass is 10.1. The molecule has 1 aliphatic heterocycles. The molecule has 0 aliphatic carbocycles. The Morgan fingerprint density at radius 1 is 1.25 bits per heavy atom. The second kappa shape index (κ2) is 6.42. The zero-order valence-electron chi connectivity index (χ0n) is 13.5. The first-order chi connectivity index (χ1) is 11.8. The first-order valence-electron chi connectivity index (χ1n) is 8.21. The molecule has 1 saturated heterocycles. The van der Waals surface area contributed by atoms with E-state index in [-0.39, 0.29) is 0 Å². The molecule has 1 atom stereocenters. The number of morpholine rings is 1. The molecule has 5 nitrogen and oxygen atoms in total. The van der Waals surface area contributed by atoms with Crippen LogP contribution in [-0.2, 0) is 4.74 Å². The SMILES string of the molecule is CCC1COCCN1c1nn(-c2ccc(Cl)cc2)c2cnccc12. The standard InChI is InChI=1S/C18H19ClN4O/c1-2-14-12-24-10-9-22(14)18-16-7-8-20-11-17(16)23(21-18)15-5-3-13(19)4-6-15/h3-8,11,14H,2,9-10,12H2,1H3. The van der Waals surface area contributed by atoms with Crippen LogP contribution in [0.1, 0.15) is 13.3 Å². The number of rotatable bonds is 3. The van der Waals surface area contributed by atoms with Gasteiger partial charge in [-0.2, -0.15) is 0 Å². The third kappa shape index (κ3) is 2.64. The molecule has 124 valence electrons. The third-order valence-electron chi connectivity index (χ3n) is 4.51. The molecule has 0 radical (unpaired) electrons. The predicted molar refractivity (Wildman–Crippen MR) is 96.1 cm³/mol. The van der Waals surface area contributed by atoms with Crippen molar-refractivity contribution < 1.29 is 4.74 Å². The topological polar surface area (TPSA) is 43.2 Å². The summed E-state index contributed by atoms with van der Waals surface area (Å²) in [4.78, 5) is 6.64. The van der Waals surface area contributed by atoms with Gasteiger partial charge in [0.15, 0.2) is 5.82 Å². The summed E-state index contributed by atoms with van der Waals surface area (Å²) in [7, 11) is 0. The van der Waals surface area contributed by atoms with Crippen molar-refractivity contribution in [1.82, 2.24) is 14.8 Å². The van der Waals surface area contributed by atoms with Crippen molar-refractivity contribution in [2.45, 2.75) is 19.4 Å². The number of pyridine rings is 1. The van der Waals surface area contributed by atoms with Crippen LogP contribution in [0, 0.1) is 0 Å². The van der Waals surface area contributed by atoms with Gasteiger partial charge in [0.2, 0.25) is 0 Å². The highest BCUT2D eigenvalue weighted by atomic mass is 35.5. The molecule has 3 heterocycles. The Kier molecular flexibility index (Phi) is 4.12. The summed E-state index contributed by atoms with van der Waals surface area (Å²) in [6.45, 7) is 4.52. The van der Waals surface area contributed by atoms with Crippen LogP contribution in [0.15, 0.2) is 42.7 Å². The molecule has 0 amide bonds. The van der Waals surface area contributed by atoms with Crippen molar-refractivity contribution >= 4 is 28.3 Å². The normalized spacial score (nSPS) is 18.2. The number of fused-ring (bicyclic) bond motifs is 1. The minimum Gasteiger partial charge on any atom is -0.377 e. The fraction of sp³-hybridized carbons (Fsp3) is 0.333. The molecule has 3 aromatic rings. The second-order valence-corrected chi connectivity index (χ2v) is 6.37. The molecule has 1 aromatic carbocycles. The number of nitrogens with zero attached hydrogens (tertiary/aromatic N) is 4. The molecule has 0 bridgehead atoms. The number of aromatic nitrogens is 3. The molecule has 24 heavy (non-hydrogen) atoms. The van der Waals surface area contributed by atoms with Gasteiger partial charge < -0.3 is 9.64 Å². The van der Waals surface area contributed by atoms with E-state index in [9.17, 15) is 0 Å². The Hall–Kier alpha value is -2.11. The summed E-state index contributed by atoms with van der Waals surface area (Å²) in [6, 6.07) is 10.1. The quantitative estimate of drug-likeness (QED) is 0.728. The minimum absolute atomic E-state index is 0.351. The molecule has 0 spiro atoms. The first-order valence-corrected chi connectivity index (χ1v) is 8.59. The van der Waals surface area contributed by atoms with Crippen LogP contribution < -0.4 is 4.90 Å². The molecule has 0 saturated carbocycles. The molecular formula is C18H19ClN4O. The predicted octanol–water partition coefficient (Wildman–Crippen LogP) is 3.69. The summed E-state index contributed by atoms with van der Waals surface area (Å²) >= 11 is 6.02. The molecule has 2 aromatic heterocycles. The van der Waals surface area contributed by atoms with Crippen LogP contribution in [0.2, 0.25) is 5.02 Å². The zero-order chi connectivity index (χ0) is 16.5. The van der Waals surface area contributed by atoms with E-state index in [4.69, 9.17) is 21.4 Å². The average molecular weight is 343 g/mol. The van der Waals surface area contributed by atoms with Crippen molar-refractivity contribution in [3.8, 4) is 5.69 Å². The van der Waals surface area contributed by atoms with E-state index in [2.05, 4.69) is 16.8 Å². The maximum atomic E-state index is 6.02. The molecule has 1 aliphatic rings. The van der Waals surface area contributed by atoms with E-state index in [1.807, 2.05) is 47.4 Å². The summed E-state index contributed by atoms with van der Waals surface area (Å²) in [5.41, 5.74) is 1.97. The number of halogens is 1. The Morgan fingerprint density at radius 2 is 2.08 bits per heavy atom. The second-order valence-electron chi connectivity index (χ2n) is 5.94. The van der Waals surface area contributed by atoms with Gasteiger partial charge in [-0.25, -0.2) is 4.68 Å². The lowest BCUT2D eigenvalue weighted by molar-refractivity contribution is 0.0926. The van der Waals surface area contributed by atoms with Crippen LogP contribution >= 0.6 is 11.6 Å². The van der Waals surface area contributed by atoms with E-state index < -0.39 is 0 Å². The fourth-order valence-corrected chi connectivity index (χ4v) is 3.34. The van der Waals surface area contributed by atoms with E-state index in [0.717, 1.165) is 48.6 Å². The highest BCUT2D eigenvalue weighted by Gasteiger charge is 2.26. The molecule has 6 heteroatoms. The number of benzene rings is 1. The van der Waals surface area contributed by atoms with Gasteiger partial charge in [0.25, 0.3) is 0 Å². The van der Waals surface area contributed by atoms with Crippen LogP contribution in [0.4, 0.5) is 5.82 Å². The highest BCUT2D eigenvalue weighted by Crippen LogP contribution is 2.30. The highest BCUT2D eigenvalue weighted by molar-refractivity contribution is 6.30. The largest absolute Gasteiger partial charge is 0.377 e. The summed E-state index contributed by atoms with van der Waals surface area (Å²) in [5, 5.41) is 6.74. The minimum atomic E-state index is 0.351. The van der Waals surface area contributed by atoms with Crippen LogP contribution in [0.5, 0.6) is 0 Å². The van der Waals surface area contributed by atoms with E-state index >= 15 is 0 Å². The lowest BCUT2D eigenvalue weighted by Gasteiger charge is -2.35. The van der Waals surface area contributed by atoms with Crippen LogP contribution in [0.25, 0.3) is 16.6 Å². The molecule has 1 unspecified atom stereocenters. The average Bonchev–Trinajstić information content (AvgIpc) is 3.02. The third-order valence-corrected chi connectivity index (χ3v) is 4.76.